The lowest BCUT2D eigenvalue weighted by Gasteiger charge is -2.35. The zero-order chi connectivity index (χ0) is 22.3. The minimum Gasteiger partial charge on any atom is -0.466 e. The first kappa shape index (κ1) is 22.9. The van der Waals surface area contributed by atoms with Crippen molar-refractivity contribution in [3.8, 4) is 0 Å². The summed E-state index contributed by atoms with van der Waals surface area (Å²) in [6.45, 7) is 2.14. The number of hydrogen-bond acceptors (Lipinski definition) is 6. The number of ether oxygens (including phenoxy) is 1. The van der Waals surface area contributed by atoms with Gasteiger partial charge in [-0.2, -0.15) is 0 Å². The van der Waals surface area contributed by atoms with Gasteiger partial charge in [-0.05, 0) is 44.0 Å². The first-order valence-corrected chi connectivity index (χ1v) is 12.5. The zero-order valence-corrected chi connectivity index (χ0v) is 20.1. The molecule has 2 amide bonds. The zero-order valence-electron chi connectivity index (χ0n) is 16.9. The molecule has 1 aromatic carbocycles. The summed E-state index contributed by atoms with van der Waals surface area (Å²) in [7, 11) is 0. The normalized spacial score (nSPS) is 33.5. The maximum absolute atomic E-state index is 13.5. The molecule has 3 saturated heterocycles. The van der Waals surface area contributed by atoms with Crippen molar-refractivity contribution in [1.29, 1.82) is 0 Å². The average molecular weight is 532 g/mol. The number of nitrogens with zero attached hydrogens (tertiary/aromatic N) is 1. The highest BCUT2D eigenvalue weighted by atomic mass is 79.9. The van der Waals surface area contributed by atoms with Crippen molar-refractivity contribution in [2.45, 2.75) is 40.6 Å². The van der Waals surface area contributed by atoms with Crippen LogP contribution >= 0.6 is 39.3 Å². The number of fused-ring (bicyclic) bond motifs is 1. The van der Waals surface area contributed by atoms with Crippen molar-refractivity contribution in [2.75, 3.05) is 25.1 Å². The van der Waals surface area contributed by atoms with Crippen LogP contribution in [-0.2, 0) is 19.1 Å². The fraction of sp³-hybridized carbons (Fsp3) is 0.571. The van der Waals surface area contributed by atoms with Gasteiger partial charge in [0.25, 0.3) is 0 Å². The van der Waals surface area contributed by atoms with Crippen molar-refractivity contribution >= 4 is 62.8 Å². The van der Waals surface area contributed by atoms with E-state index in [1.54, 1.807) is 47.9 Å². The van der Waals surface area contributed by atoms with Gasteiger partial charge in [0.05, 0.1) is 23.2 Å². The standard InChI is InChI=1S/C21H24BrClN2O5S/c1-2-30-20(29)14-15-19(28)25(8-3-9-26)17(21(15)10-13(22)16(14)31-21)18(27)24-12-6-4-11(23)5-7-12/h4-7,13-17,26H,2-3,8-10H2,1H3,(H,24,27)/t13?,14-,15+,16-,17?,21?/m1/s1. The number of alkyl halides is 1. The molecule has 4 rings (SSSR count). The summed E-state index contributed by atoms with van der Waals surface area (Å²) in [5.74, 6) is -2.11. The van der Waals surface area contributed by atoms with Gasteiger partial charge in [-0.15, -0.1) is 11.8 Å². The monoisotopic (exact) mass is 530 g/mol. The summed E-state index contributed by atoms with van der Waals surface area (Å²) < 4.78 is 4.58. The Hall–Kier alpha value is -1.29. The second kappa shape index (κ2) is 8.92. The fourth-order valence-electron chi connectivity index (χ4n) is 5.16. The molecule has 0 radical (unpaired) electrons. The van der Waals surface area contributed by atoms with Gasteiger partial charge in [0.1, 0.15) is 6.04 Å². The quantitative estimate of drug-likeness (QED) is 0.415. The summed E-state index contributed by atoms with van der Waals surface area (Å²) in [4.78, 5) is 41.4. The van der Waals surface area contributed by atoms with Crippen LogP contribution in [0.25, 0.3) is 0 Å². The predicted molar refractivity (Wildman–Crippen MR) is 122 cm³/mol. The number of thioether (sulfide) groups is 1. The number of aliphatic hydroxyl groups excluding tert-OH is 1. The average Bonchev–Trinajstić information content (AvgIpc) is 3.32. The van der Waals surface area contributed by atoms with Gasteiger partial charge in [-0.25, -0.2) is 0 Å². The van der Waals surface area contributed by atoms with E-state index in [9.17, 15) is 19.5 Å². The molecule has 1 aromatic rings. The Morgan fingerprint density at radius 3 is 2.74 bits per heavy atom. The molecule has 3 heterocycles. The molecule has 7 nitrogen and oxygen atoms in total. The Morgan fingerprint density at radius 1 is 1.39 bits per heavy atom. The Balaban J connectivity index is 1.70. The van der Waals surface area contributed by atoms with Crippen LogP contribution in [0.3, 0.4) is 0 Å². The molecule has 3 aliphatic heterocycles. The molecular formula is C21H24BrClN2O5S. The van der Waals surface area contributed by atoms with Gasteiger partial charge >= 0.3 is 5.97 Å². The van der Waals surface area contributed by atoms with Crippen LogP contribution in [-0.4, -0.2) is 68.4 Å². The summed E-state index contributed by atoms with van der Waals surface area (Å²) in [6.07, 6.45) is 0.956. The molecule has 2 N–H and O–H groups in total. The third kappa shape index (κ3) is 3.77. The maximum atomic E-state index is 13.5. The van der Waals surface area contributed by atoms with E-state index in [2.05, 4.69) is 21.2 Å². The van der Waals surface area contributed by atoms with Crippen LogP contribution in [0.2, 0.25) is 5.02 Å². The number of halogens is 2. The smallest absolute Gasteiger partial charge is 0.310 e. The summed E-state index contributed by atoms with van der Waals surface area (Å²) in [5, 5.41) is 12.7. The number of hydrogen-bond donors (Lipinski definition) is 2. The number of esters is 1. The molecule has 0 aliphatic carbocycles. The largest absolute Gasteiger partial charge is 0.466 e. The van der Waals surface area contributed by atoms with E-state index in [4.69, 9.17) is 16.3 Å². The Labute approximate surface area is 198 Å². The highest BCUT2D eigenvalue weighted by Crippen LogP contribution is 2.67. The molecule has 3 unspecified atom stereocenters. The number of anilines is 1. The number of benzene rings is 1. The van der Waals surface area contributed by atoms with Crippen LogP contribution in [0, 0.1) is 11.8 Å². The molecule has 6 atom stereocenters. The second-order valence-electron chi connectivity index (χ2n) is 8.02. The van der Waals surface area contributed by atoms with Crippen molar-refractivity contribution in [3.63, 3.8) is 0 Å². The van der Waals surface area contributed by atoms with E-state index in [1.807, 2.05) is 0 Å². The number of likely N-dealkylation sites (tertiary alicyclic amines) is 1. The Bertz CT molecular complexity index is 887. The molecule has 0 saturated carbocycles. The van der Waals surface area contributed by atoms with Crippen molar-refractivity contribution in [1.82, 2.24) is 4.90 Å². The molecule has 3 aliphatic rings. The van der Waals surface area contributed by atoms with Crippen LogP contribution < -0.4 is 5.32 Å². The van der Waals surface area contributed by atoms with E-state index in [1.165, 1.54) is 0 Å². The molecule has 1 spiro atoms. The van der Waals surface area contributed by atoms with Crippen LogP contribution in [0.5, 0.6) is 0 Å². The number of carbonyl (C=O) groups is 3. The minimum atomic E-state index is -0.748. The molecule has 3 fully saturated rings. The summed E-state index contributed by atoms with van der Waals surface area (Å²) >= 11 is 11.2. The molecule has 168 valence electrons. The first-order chi connectivity index (χ1) is 14.8. The molecule has 2 bridgehead atoms. The molecular weight excluding hydrogens is 508 g/mol. The predicted octanol–water partition coefficient (Wildman–Crippen LogP) is 2.69. The highest BCUT2D eigenvalue weighted by molar-refractivity contribution is 9.09. The number of amides is 2. The minimum absolute atomic E-state index is 0.000389. The Kier molecular flexibility index (Phi) is 6.59. The highest BCUT2D eigenvalue weighted by Gasteiger charge is 2.75. The number of nitrogens with one attached hydrogen (secondary N) is 1. The molecule has 0 aromatic heterocycles. The lowest BCUT2D eigenvalue weighted by atomic mass is 9.71. The molecule has 10 heteroatoms. The van der Waals surface area contributed by atoms with Gasteiger partial charge in [0.15, 0.2) is 0 Å². The van der Waals surface area contributed by atoms with E-state index >= 15 is 0 Å². The molecule has 31 heavy (non-hydrogen) atoms. The van der Waals surface area contributed by atoms with E-state index < -0.39 is 22.6 Å². The third-order valence-corrected chi connectivity index (χ3v) is 9.74. The Morgan fingerprint density at radius 2 is 2.10 bits per heavy atom. The van der Waals surface area contributed by atoms with Crippen molar-refractivity contribution in [3.05, 3.63) is 29.3 Å². The number of rotatable bonds is 7. The lowest BCUT2D eigenvalue weighted by Crippen LogP contribution is -2.52. The van der Waals surface area contributed by atoms with Gasteiger partial charge in [0, 0.05) is 33.9 Å². The number of aliphatic hydroxyl groups is 1. The lowest BCUT2D eigenvalue weighted by molar-refractivity contribution is -0.153. The van der Waals surface area contributed by atoms with Crippen molar-refractivity contribution in [2.24, 2.45) is 11.8 Å². The van der Waals surface area contributed by atoms with Crippen LogP contribution in [0.1, 0.15) is 19.8 Å². The SMILES string of the molecule is CCOC(=O)[C@H]1[C@@H]2SC3(CC2Br)C(C(=O)Nc2ccc(Cl)cc2)N(CCCO)C(=O)[C@H]13. The van der Waals surface area contributed by atoms with Gasteiger partial charge in [-0.3, -0.25) is 14.4 Å². The topological polar surface area (TPSA) is 95.9 Å². The van der Waals surface area contributed by atoms with E-state index in [0.717, 1.165) is 0 Å². The first-order valence-electron chi connectivity index (χ1n) is 10.3. The van der Waals surface area contributed by atoms with E-state index in [0.29, 0.717) is 23.6 Å². The maximum Gasteiger partial charge on any atom is 0.310 e. The summed E-state index contributed by atoms with van der Waals surface area (Å²) in [6, 6.07) is 6.03. The number of carbonyl (C=O) groups excluding carboxylic acids is 3. The fourth-order valence-corrected chi connectivity index (χ4v) is 8.89. The third-order valence-electron chi connectivity index (χ3n) is 6.27. The van der Waals surface area contributed by atoms with E-state index in [-0.39, 0.29) is 47.6 Å². The van der Waals surface area contributed by atoms with Gasteiger partial charge in [-0.1, -0.05) is 27.5 Å². The van der Waals surface area contributed by atoms with Crippen LogP contribution in [0.4, 0.5) is 5.69 Å². The van der Waals surface area contributed by atoms with Gasteiger partial charge < -0.3 is 20.1 Å². The summed E-state index contributed by atoms with van der Waals surface area (Å²) in [5.41, 5.74) is 0.582. The second-order valence-corrected chi connectivity index (χ2v) is 11.2. The van der Waals surface area contributed by atoms with Crippen molar-refractivity contribution < 1.29 is 24.2 Å². The van der Waals surface area contributed by atoms with Gasteiger partial charge in [0.2, 0.25) is 11.8 Å². The van der Waals surface area contributed by atoms with Crippen LogP contribution in [0.15, 0.2) is 24.3 Å².